The third-order valence-electron chi connectivity index (χ3n) is 3.90. The number of hydrogen-bond acceptors (Lipinski definition) is 6. The van der Waals surface area contributed by atoms with Gasteiger partial charge in [0.25, 0.3) is 9.48 Å². The standard InChI is InChI=1S/C18H8Br2O4S3/c19-11-1-3-13-9(5-11)7-15(17(21)25-13)27(23,24)16-8-10-6-12(20)2-4-14(10)26-18(16)22/h1-8H. The number of hydrogen-bond donors (Lipinski definition) is 0. The molecule has 0 spiro atoms. The van der Waals surface area contributed by atoms with Gasteiger partial charge in [-0.1, -0.05) is 54.5 Å². The van der Waals surface area contributed by atoms with Crippen LogP contribution >= 0.6 is 54.5 Å². The number of rotatable bonds is 2. The maximum absolute atomic E-state index is 13.1. The van der Waals surface area contributed by atoms with E-state index >= 15 is 0 Å². The van der Waals surface area contributed by atoms with E-state index in [2.05, 4.69) is 31.9 Å². The van der Waals surface area contributed by atoms with Crippen molar-refractivity contribution in [2.45, 2.75) is 9.79 Å². The molecule has 136 valence electrons. The molecule has 0 N–H and O–H groups in total. The molecule has 4 aromatic rings. The van der Waals surface area contributed by atoms with Crippen molar-refractivity contribution in [1.82, 2.24) is 0 Å². The van der Waals surface area contributed by atoms with E-state index in [9.17, 15) is 18.0 Å². The maximum Gasteiger partial charge on any atom is 0.251 e. The average Bonchev–Trinajstić information content (AvgIpc) is 2.61. The highest BCUT2D eigenvalue weighted by atomic mass is 79.9. The quantitative estimate of drug-likeness (QED) is 0.349. The predicted octanol–water partition coefficient (Wildman–Crippen LogP) is 5.19. The van der Waals surface area contributed by atoms with E-state index in [1.807, 2.05) is 0 Å². The highest BCUT2D eigenvalue weighted by molar-refractivity contribution is 9.10. The van der Waals surface area contributed by atoms with E-state index in [1.165, 1.54) is 12.1 Å². The Labute approximate surface area is 178 Å². The molecule has 0 amide bonds. The fraction of sp³-hybridized carbons (Fsp3) is 0. The molecule has 0 aliphatic rings. The van der Waals surface area contributed by atoms with Gasteiger partial charge in [-0.25, -0.2) is 8.42 Å². The highest BCUT2D eigenvalue weighted by Crippen LogP contribution is 2.28. The minimum Gasteiger partial charge on any atom is -0.276 e. The molecular formula is C18H8Br2O4S3. The van der Waals surface area contributed by atoms with Crippen LogP contribution in [-0.4, -0.2) is 8.42 Å². The molecule has 0 unspecified atom stereocenters. The number of fused-ring (bicyclic) bond motifs is 2. The van der Waals surface area contributed by atoms with Crippen LogP contribution in [0.25, 0.3) is 20.2 Å². The molecule has 0 fully saturated rings. The zero-order valence-corrected chi connectivity index (χ0v) is 18.9. The van der Waals surface area contributed by atoms with Crippen molar-refractivity contribution in [3.63, 3.8) is 0 Å². The largest absolute Gasteiger partial charge is 0.276 e. The minimum atomic E-state index is -4.24. The van der Waals surface area contributed by atoms with Crippen LogP contribution in [0.5, 0.6) is 0 Å². The van der Waals surface area contributed by atoms with Crippen LogP contribution in [0.4, 0.5) is 0 Å². The molecule has 2 aromatic heterocycles. The van der Waals surface area contributed by atoms with E-state index in [0.717, 1.165) is 31.6 Å². The second kappa shape index (κ2) is 6.89. The van der Waals surface area contributed by atoms with Gasteiger partial charge in [0.1, 0.15) is 9.79 Å². The van der Waals surface area contributed by atoms with Gasteiger partial charge in [-0.05, 0) is 59.3 Å². The van der Waals surface area contributed by atoms with Crippen molar-refractivity contribution in [1.29, 1.82) is 0 Å². The topological polar surface area (TPSA) is 68.3 Å². The molecule has 0 bridgehead atoms. The van der Waals surface area contributed by atoms with E-state index in [1.54, 1.807) is 36.4 Å². The summed E-state index contributed by atoms with van der Waals surface area (Å²) in [5, 5.41) is 1.24. The molecular weight excluding hydrogens is 536 g/mol. The van der Waals surface area contributed by atoms with Crippen LogP contribution in [0, 0.1) is 0 Å². The third-order valence-corrected chi connectivity index (χ3v) is 8.91. The summed E-state index contributed by atoms with van der Waals surface area (Å²) in [6.45, 7) is 0. The van der Waals surface area contributed by atoms with Crippen molar-refractivity contribution in [3.05, 3.63) is 76.6 Å². The lowest BCUT2D eigenvalue weighted by molar-refractivity contribution is 0.595. The van der Waals surface area contributed by atoms with Gasteiger partial charge in [-0.15, -0.1) is 0 Å². The van der Waals surface area contributed by atoms with E-state index in [4.69, 9.17) is 0 Å². The monoisotopic (exact) mass is 542 g/mol. The Morgan fingerprint density at radius 1 is 0.667 bits per heavy atom. The Kier molecular flexibility index (Phi) is 4.84. The Bertz CT molecular complexity index is 1350. The first-order chi connectivity index (χ1) is 12.8. The van der Waals surface area contributed by atoms with Crippen LogP contribution < -0.4 is 9.48 Å². The highest BCUT2D eigenvalue weighted by Gasteiger charge is 2.26. The smallest absolute Gasteiger partial charge is 0.251 e. The van der Waals surface area contributed by atoms with E-state index in [-0.39, 0.29) is 9.79 Å². The molecule has 27 heavy (non-hydrogen) atoms. The first kappa shape index (κ1) is 18.9. The summed E-state index contributed by atoms with van der Waals surface area (Å²) in [7, 11) is -4.24. The minimum absolute atomic E-state index is 0.378. The van der Waals surface area contributed by atoms with Crippen LogP contribution in [0.15, 0.2) is 76.9 Å². The summed E-state index contributed by atoms with van der Waals surface area (Å²) >= 11 is 8.38. The van der Waals surface area contributed by atoms with Crippen molar-refractivity contribution in [2.75, 3.05) is 0 Å². The van der Waals surface area contributed by atoms with Crippen molar-refractivity contribution in [2.24, 2.45) is 0 Å². The first-order valence-corrected chi connectivity index (χ1v) is 12.2. The van der Waals surface area contributed by atoms with Crippen molar-refractivity contribution >= 4 is 84.5 Å². The summed E-state index contributed by atoms with van der Waals surface area (Å²) in [5.41, 5.74) is 0. The Hall–Kier alpha value is -1.39. The van der Waals surface area contributed by atoms with Gasteiger partial charge < -0.3 is 0 Å². The molecule has 0 saturated carbocycles. The van der Waals surface area contributed by atoms with Crippen LogP contribution in [0.2, 0.25) is 0 Å². The normalized spacial score (nSPS) is 11.9. The summed E-state index contributed by atoms with van der Waals surface area (Å²) in [6.07, 6.45) is 0. The second-order valence-electron chi connectivity index (χ2n) is 5.66. The van der Waals surface area contributed by atoms with Gasteiger partial charge >= 0.3 is 0 Å². The molecule has 2 heterocycles. The van der Waals surface area contributed by atoms with Gasteiger partial charge in [-0.2, -0.15) is 0 Å². The number of benzene rings is 2. The van der Waals surface area contributed by atoms with Gasteiger partial charge in [0.15, 0.2) is 0 Å². The molecule has 2 aromatic carbocycles. The summed E-state index contributed by atoms with van der Waals surface area (Å²) in [5.74, 6) is 0. The molecule has 0 aliphatic heterocycles. The summed E-state index contributed by atoms with van der Waals surface area (Å²) in [6, 6.07) is 13.2. The first-order valence-electron chi connectivity index (χ1n) is 7.48. The molecule has 0 aliphatic carbocycles. The number of sulfone groups is 1. The lowest BCUT2D eigenvalue weighted by atomic mass is 10.2. The fourth-order valence-electron chi connectivity index (χ4n) is 2.64. The fourth-order valence-corrected chi connectivity index (χ4v) is 7.01. The SMILES string of the molecule is O=c1sc2ccc(Br)cc2cc1S(=O)(=O)c1cc2cc(Br)ccc2sc1=O. The van der Waals surface area contributed by atoms with Crippen molar-refractivity contribution in [3.8, 4) is 0 Å². The summed E-state index contributed by atoms with van der Waals surface area (Å²) < 4.78 is 27.9. The molecule has 0 saturated heterocycles. The van der Waals surface area contributed by atoms with Crippen LogP contribution in [-0.2, 0) is 9.84 Å². The maximum atomic E-state index is 13.1. The Morgan fingerprint density at radius 2 is 1.07 bits per heavy atom. The van der Waals surface area contributed by atoms with Gasteiger partial charge in [-0.3, -0.25) is 9.59 Å². The lowest BCUT2D eigenvalue weighted by Crippen LogP contribution is -2.18. The van der Waals surface area contributed by atoms with Crippen LogP contribution in [0.1, 0.15) is 0 Å². The van der Waals surface area contributed by atoms with E-state index < -0.39 is 19.3 Å². The molecule has 0 radical (unpaired) electrons. The Morgan fingerprint density at radius 3 is 1.48 bits per heavy atom. The van der Waals surface area contributed by atoms with Gasteiger partial charge in [0, 0.05) is 18.3 Å². The predicted molar refractivity (Wildman–Crippen MR) is 117 cm³/mol. The molecule has 4 rings (SSSR count). The zero-order chi connectivity index (χ0) is 19.3. The summed E-state index contributed by atoms with van der Waals surface area (Å²) in [4.78, 5) is 24.2. The molecule has 0 atom stereocenters. The van der Waals surface area contributed by atoms with E-state index in [0.29, 0.717) is 20.2 Å². The zero-order valence-electron chi connectivity index (χ0n) is 13.2. The number of halogens is 2. The Balaban J connectivity index is 2.01. The van der Waals surface area contributed by atoms with Gasteiger partial charge in [0.05, 0.1) is 0 Å². The van der Waals surface area contributed by atoms with Crippen molar-refractivity contribution < 1.29 is 8.42 Å². The average molecular weight is 544 g/mol. The van der Waals surface area contributed by atoms with Gasteiger partial charge in [0.2, 0.25) is 9.84 Å². The van der Waals surface area contributed by atoms with Crippen LogP contribution in [0.3, 0.4) is 0 Å². The molecule has 4 nitrogen and oxygen atoms in total. The third kappa shape index (κ3) is 3.42. The second-order valence-corrected chi connectivity index (χ2v) is 11.4. The molecule has 9 heteroatoms. The lowest BCUT2D eigenvalue weighted by Gasteiger charge is -2.06.